The lowest BCUT2D eigenvalue weighted by molar-refractivity contribution is -0.161. The molecule has 0 aromatic heterocycles. The number of carbonyl (C=O) groups is 4. The van der Waals surface area contributed by atoms with Crippen LogP contribution in [0.2, 0.25) is 0 Å². The van der Waals surface area contributed by atoms with Gasteiger partial charge in [0.25, 0.3) is 0 Å². The Labute approximate surface area is 607 Å². The molecule has 0 aliphatic heterocycles. The van der Waals surface area contributed by atoms with E-state index in [1.54, 1.807) is 0 Å². The van der Waals surface area contributed by atoms with Crippen LogP contribution in [0.1, 0.15) is 420 Å². The van der Waals surface area contributed by atoms with Crippen LogP contribution in [0.25, 0.3) is 0 Å². The molecule has 588 valence electrons. The second-order valence-electron chi connectivity index (χ2n) is 29.5. The average Bonchev–Trinajstić information content (AvgIpc) is 1.67. The summed E-state index contributed by atoms with van der Waals surface area (Å²) in [6, 6.07) is 0. The van der Waals surface area contributed by atoms with E-state index < -0.39 is 97.5 Å². The summed E-state index contributed by atoms with van der Waals surface area (Å²) >= 11 is 0. The highest BCUT2D eigenvalue weighted by Crippen LogP contribution is 2.45. The molecular weight excluding hydrogens is 1290 g/mol. The molecule has 0 saturated heterocycles. The lowest BCUT2D eigenvalue weighted by atomic mass is 9.99. The Morgan fingerprint density at radius 1 is 0.293 bits per heavy atom. The largest absolute Gasteiger partial charge is 0.472 e. The number of esters is 4. The fourth-order valence-electron chi connectivity index (χ4n) is 12.3. The third-order valence-corrected chi connectivity index (χ3v) is 21.0. The van der Waals surface area contributed by atoms with Crippen molar-refractivity contribution in [2.75, 3.05) is 39.6 Å². The number of carbonyl (C=O) groups excluding carboxylic acids is 4. The summed E-state index contributed by atoms with van der Waals surface area (Å²) in [5.74, 6) is -0.528. The van der Waals surface area contributed by atoms with Gasteiger partial charge in [0.2, 0.25) is 0 Å². The first-order valence-corrected chi connectivity index (χ1v) is 44.5. The summed E-state index contributed by atoms with van der Waals surface area (Å²) in [5.41, 5.74) is 0. The van der Waals surface area contributed by atoms with E-state index in [1.165, 1.54) is 231 Å². The van der Waals surface area contributed by atoms with Crippen LogP contribution in [0.5, 0.6) is 0 Å². The van der Waals surface area contributed by atoms with Gasteiger partial charge in [-0.15, -0.1) is 0 Å². The normalized spacial score (nSPS) is 14.2. The highest BCUT2D eigenvalue weighted by Gasteiger charge is 2.30. The fraction of sp³-hybridized carbons (Fsp3) is 0.950. The van der Waals surface area contributed by atoms with Crippen molar-refractivity contribution in [3.05, 3.63) is 0 Å². The molecule has 0 fully saturated rings. The van der Waals surface area contributed by atoms with Crippen LogP contribution in [-0.2, 0) is 65.4 Å². The van der Waals surface area contributed by atoms with Crippen LogP contribution < -0.4 is 0 Å². The SMILES string of the molecule is CCCCCCCCCCCCCCCCCCCCCCCC(=O)O[C@H](COC(=O)CCCCCCCCCCCCCCCCC(C)CC)COP(=O)(O)OC[C@@H](O)COP(=O)(O)OC[C@@H](COC(=O)CCCCCCCCCC)OC(=O)CCCCCCCCCCCC(C)C. The van der Waals surface area contributed by atoms with Gasteiger partial charge in [0.05, 0.1) is 26.4 Å². The summed E-state index contributed by atoms with van der Waals surface area (Å²) in [5, 5.41) is 10.6. The van der Waals surface area contributed by atoms with Crippen molar-refractivity contribution >= 4 is 39.5 Å². The van der Waals surface area contributed by atoms with E-state index in [-0.39, 0.29) is 25.7 Å². The van der Waals surface area contributed by atoms with Gasteiger partial charge >= 0.3 is 39.5 Å². The molecule has 3 unspecified atom stereocenters. The first-order chi connectivity index (χ1) is 47.9. The van der Waals surface area contributed by atoms with Gasteiger partial charge in [-0.3, -0.25) is 37.3 Å². The molecule has 99 heavy (non-hydrogen) atoms. The predicted octanol–water partition coefficient (Wildman–Crippen LogP) is 23.9. The lowest BCUT2D eigenvalue weighted by Crippen LogP contribution is -2.30. The summed E-state index contributed by atoms with van der Waals surface area (Å²) in [6.45, 7) is 9.62. The van der Waals surface area contributed by atoms with E-state index in [1.807, 2.05) is 0 Å². The number of unbranched alkanes of at least 4 members (excludes halogenated alkanes) is 48. The Morgan fingerprint density at radius 3 is 0.768 bits per heavy atom. The number of phosphoric acid groups is 2. The molecular formula is C80H156O17P2. The zero-order valence-corrected chi connectivity index (χ0v) is 66.6. The Balaban J connectivity index is 5.19. The van der Waals surface area contributed by atoms with E-state index in [9.17, 15) is 43.2 Å². The third kappa shape index (κ3) is 72.8. The van der Waals surface area contributed by atoms with Crippen LogP contribution in [-0.4, -0.2) is 96.7 Å². The quantitative estimate of drug-likeness (QED) is 0.0222. The molecule has 3 N–H and O–H groups in total. The molecule has 0 radical (unpaired) electrons. The summed E-state index contributed by atoms with van der Waals surface area (Å²) in [4.78, 5) is 72.8. The van der Waals surface area contributed by atoms with Gasteiger partial charge in [0.1, 0.15) is 19.3 Å². The zero-order chi connectivity index (χ0) is 72.8. The van der Waals surface area contributed by atoms with Gasteiger partial charge in [0.15, 0.2) is 12.2 Å². The van der Waals surface area contributed by atoms with E-state index in [0.717, 1.165) is 108 Å². The van der Waals surface area contributed by atoms with Gasteiger partial charge in [0, 0.05) is 25.7 Å². The molecule has 19 heteroatoms. The molecule has 0 heterocycles. The fourth-order valence-corrected chi connectivity index (χ4v) is 13.9. The molecule has 0 aliphatic rings. The number of aliphatic hydroxyl groups excluding tert-OH is 1. The second kappa shape index (κ2) is 71.7. The molecule has 0 bridgehead atoms. The van der Waals surface area contributed by atoms with Crippen LogP contribution >= 0.6 is 15.6 Å². The molecule has 17 nitrogen and oxygen atoms in total. The topological polar surface area (TPSA) is 237 Å². The van der Waals surface area contributed by atoms with Crippen molar-refractivity contribution in [3.63, 3.8) is 0 Å². The second-order valence-corrected chi connectivity index (χ2v) is 32.4. The van der Waals surface area contributed by atoms with Crippen LogP contribution in [0.4, 0.5) is 0 Å². The number of rotatable bonds is 79. The van der Waals surface area contributed by atoms with Gasteiger partial charge in [-0.1, -0.05) is 369 Å². The van der Waals surface area contributed by atoms with Crippen molar-refractivity contribution in [2.45, 2.75) is 439 Å². The Bertz CT molecular complexity index is 1910. The summed E-state index contributed by atoms with van der Waals surface area (Å²) < 4.78 is 68.6. The Kier molecular flexibility index (Phi) is 70.3. The molecule has 0 aromatic carbocycles. The van der Waals surface area contributed by atoms with Crippen molar-refractivity contribution in [1.82, 2.24) is 0 Å². The highest BCUT2D eigenvalue weighted by molar-refractivity contribution is 7.47. The summed E-state index contributed by atoms with van der Waals surface area (Å²) in [7, 11) is -9.91. The first kappa shape index (κ1) is 97.1. The average molecular weight is 1450 g/mol. The number of ether oxygens (including phenoxy) is 4. The van der Waals surface area contributed by atoms with E-state index in [4.69, 9.17) is 37.0 Å². The number of phosphoric ester groups is 2. The van der Waals surface area contributed by atoms with E-state index >= 15 is 0 Å². The minimum atomic E-state index is -4.96. The van der Waals surface area contributed by atoms with Crippen LogP contribution in [0, 0.1) is 11.8 Å². The van der Waals surface area contributed by atoms with Gasteiger partial charge < -0.3 is 33.8 Å². The maximum Gasteiger partial charge on any atom is 0.472 e. The molecule has 0 saturated carbocycles. The maximum atomic E-state index is 13.1. The third-order valence-electron chi connectivity index (χ3n) is 19.1. The minimum Gasteiger partial charge on any atom is -0.462 e. The minimum absolute atomic E-state index is 0.105. The van der Waals surface area contributed by atoms with Crippen LogP contribution in [0.3, 0.4) is 0 Å². The van der Waals surface area contributed by atoms with Crippen LogP contribution in [0.15, 0.2) is 0 Å². The molecule has 0 spiro atoms. The number of hydrogen-bond donors (Lipinski definition) is 3. The van der Waals surface area contributed by atoms with Gasteiger partial charge in [-0.25, -0.2) is 9.13 Å². The van der Waals surface area contributed by atoms with Gasteiger partial charge in [-0.2, -0.15) is 0 Å². The summed E-state index contributed by atoms with van der Waals surface area (Å²) in [6.07, 6.45) is 61.2. The monoisotopic (exact) mass is 1450 g/mol. The standard InChI is InChI=1S/C80H156O17P2/c1-7-10-12-14-16-18-19-20-21-22-23-24-25-26-27-32-35-40-46-52-58-64-79(84)96-76(69-91-78(83)63-57-51-45-39-34-31-29-28-30-33-38-43-49-55-61-73(6)9-3)71-95-99(88,89)93-67-74(81)66-92-98(86,87)94-70-75(68-90-77(82)62-56-50-44-17-15-13-11-8-2)97-80(85)65-59-53-47-41-36-37-42-48-54-60-72(4)5/h72-76,81H,7-71H2,1-6H3,(H,86,87)(H,88,89)/t73?,74-,75+,76+/m0/s1. The predicted molar refractivity (Wildman–Crippen MR) is 405 cm³/mol. The van der Waals surface area contributed by atoms with Crippen molar-refractivity contribution < 1.29 is 80.2 Å². The Morgan fingerprint density at radius 2 is 0.515 bits per heavy atom. The van der Waals surface area contributed by atoms with E-state index in [2.05, 4.69) is 41.5 Å². The van der Waals surface area contributed by atoms with Crippen molar-refractivity contribution in [3.8, 4) is 0 Å². The molecule has 0 aliphatic carbocycles. The van der Waals surface area contributed by atoms with Crippen molar-refractivity contribution in [1.29, 1.82) is 0 Å². The smallest absolute Gasteiger partial charge is 0.462 e. The highest BCUT2D eigenvalue weighted by atomic mass is 31.2. The van der Waals surface area contributed by atoms with Crippen molar-refractivity contribution in [2.24, 2.45) is 11.8 Å². The number of hydrogen-bond acceptors (Lipinski definition) is 15. The maximum absolute atomic E-state index is 13.1. The van der Waals surface area contributed by atoms with E-state index in [0.29, 0.717) is 25.7 Å². The zero-order valence-electron chi connectivity index (χ0n) is 64.8. The molecule has 0 rings (SSSR count). The first-order valence-electron chi connectivity index (χ1n) is 41.5. The molecule has 0 amide bonds. The number of aliphatic hydroxyl groups is 1. The molecule has 0 aromatic rings. The lowest BCUT2D eigenvalue weighted by Gasteiger charge is -2.21. The van der Waals surface area contributed by atoms with Gasteiger partial charge in [-0.05, 0) is 37.5 Å². The molecule has 6 atom stereocenters. The Hall–Kier alpha value is -1.94.